The molecule has 1 aliphatic rings. The Bertz CT molecular complexity index is 1160. The predicted molar refractivity (Wildman–Crippen MR) is 111 cm³/mol. The molecule has 4 rings (SSSR count). The van der Waals surface area contributed by atoms with Crippen LogP contribution in [0.2, 0.25) is 0 Å². The SMILES string of the molecule is COc1c(O)c(OC2OC(CO)C(O)C(O)C2O)cc2oc(-c3ccccc3)cc(=O)c12. The molecule has 0 radical (unpaired) electrons. The molecule has 1 aliphatic heterocycles. The van der Waals surface area contributed by atoms with Gasteiger partial charge in [-0.25, -0.2) is 0 Å². The van der Waals surface area contributed by atoms with Crippen LogP contribution in [0.5, 0.6) is 17.2 Å². The average Bonchev–Trinajstić information content (AvgIpc) is 2.80. The number of aliphatic hydroxyl groups is 4. The number of fused-ring (bicyclic) bond motifs is 1. The van der Waals surface area contributed by atoms with Crippen LogP contribution in [0.15, 0.2) is 51.7 Å². The van der Waals surface area contributed by atoms with E-state index >= 15 is 0 Å². The summed E-state index contributed by atoms with van der Waals surface area (Å²) in [6, 6.07) is 11.4. The third-order valence-corrected chi connectivity index (χ3v) is 5.27. The van der Waals surface area contributed by atoms with Gasteiger partial charge < -0.3 is 44.2 Å². The normalized spacial score (nSPS) is 25.6. The lowest BCUT2D eigenvalue weighted by Crippen LogP contribution is -2.60. The molecular weight excluding hydrogens is 424 g/mol. The molecule has 0 aliphatic carbocycles. The molecule has 3 aromatic rings. The summed E-state index contributed by atoms with van der Waals surface area (Å²) < 4.78 is 21.9. The van der Waals surface area contributed by atoms with E-state index in [4.69, 9.17) is 18.6 Å². The number of rotatable bonds is 5. The van der Waals surface area contributed by atoms with Crippen molar-refractivity contribution in [1.29, 1.82) is 0 Å². The molecule has 32 heavy (non-hydrogen) atoms. The molecule has 10 heteroatoms. The molecule has 5 atom stereocenters. The first kappa shape index (κ1) is 22.1. The number of aromatic hydroxyl groups is 1. The van der Waals surface area contributed by atoms with Crippen molar-refractivity contribution in [3.05, 3.63) is 52.7 Å². The third kappa shape index (κ3) is 3.78. The Hall–Kier alpha value is -3.15. The van der Waals surface area contributed by atoms with Crippen LogP contribution in [0.1, 0.15) is 0 Å². The van der Waals surface area contributed by atoms with Crippen LogP contribution in [0.3, 0.4) is 0 Å². The maximum Gasteiger partial charge on any atom is 0.229 e. The predicted octanol–water partition coefficient (Wildman–Crippen LogP) is 0.353. The second kappa shape index (κ2) is 8.77. The van der Waals surface area contributed by atoms with Crippen LogP contribution in [0, 0.1) is 0 Å². The molecule has 5 unspecified atom stereocenters. The number of hydrogen-bond acceptors (Lipinski definition) is 10. The fourth-order valence-corrected chi connectivity index (χ4v) is 3.58. The van der Waals surface area contributed by atoms with E-state index in [9.17, 15) is 30.3 Å². The minimum absolute atomic E-state index is 0.0224. The molecule has 170 valence electrons. The molecule has 0 bridgehead atoms. The largest absolute Gasteiger partial charge is 0.502 e. The summed E-state index contributed by atoms with van der Waals surface area (Å²) in [6.45, 7) is -0.646. The summed E-state index contributed by atoms with van der Waals surface area (Å²) in [5, 5.41) is 50.1. The number of hydrogen-bond donors (Lipinski definition) is 5. The maximum atomic E-state index is 12.8. The van der Waals surface area contributed by atoms with Crippen molar-refractivity contribution in [2.24, 2.45) is 0 Å². The first-order valence-electron chi connectivity index (χ1n) is 9.76. The molecule has 0 saturated carbocycles. The summed E-state index contributed by atoms with van der Waals surface area (Å²) in [5.41, 5.74) is 0.220. The molecule has 2 aromatic carbocycles. The Morgan fingerprint density at radius 2 is 1.75 bits per heavy atom. The standard InChI is InChI=1S/C22H22O10/c1-29-21-16-11(24)7-12(10-5-3-2-4-6-10)30-13(16)8-14(18(21)26)31-22-20(28)19(27)17(25)15(9-23)32-22/h2-8,15,17,19-20,22-23,25-28H,9H2,1H3. The van der Waals surface area contributed by atoms with Crippen LogP contribution in [-0.4, -0.2) is 70.0 Å². The number of phenolic OH excluding ortho intramolecular Hbond substituents is 1. The van der Waals surface area contributed by atoms with E-state index in [0.717, 1.165) is 0 Å². The zero-order valence-electron chi connectivity index (χ0n) is 16.9. The molecule has 5 N–H and O–H groups in total. The van der Waals surface area contributed by atoms with Crippen molar-refractivity contribution < 1.29 is 44.2 Å². The average molecular weight is 446 g/mol. The van der Waals surface area contributed by atoms with Crippen molar-refractivity contribution in [2.45, 2.75) is 30.7 Å². The first-order valence-corrected chi connectivity index (χ1v) is 9.76. The van der Waals surface area contributed by atoms with Gasteiger partial charge in [-0.1, -0.05) is 30.3 Å². The molecule has 10 nitrogen and oxygen atoms in total. The van der Waals surface area contributed by atoms with Crippen LogP contribution in [-0.2, 0) is 4.74 Å². The van der Waals surface area contributed by atoms with E-state index in [1.54, 1.807) is 24.3 Å². The van der Waals surface area contributed by atoms with Gasteiger partial charge in [0.25, 0.3) is 0 Å². The summed E-state index contributed by atoms with van der Waals surface area (Å²) in [4.78, 5) is 12.8. The van der Waals surface area contributed by atoms with E-state index in [0.29, 0.717) is 5.56 Å². The van der Waals surface area contributed by atoms with Gasteiger partial charge in [0.15, 0.2) is 16.9 Å². The van der Waals surface area contributed by atoms with Crippen molar-refractivity contribution in [3.8, 4) is 28.6 Å². The second-order valence-corrected chi connectivity index (χ2v) is 7.29. The van der Waals surface area contributed by atoms with Gasteiger partial charge in [0.05, 0.1) is 13.7 Å². The first-order chi connectivity index (χ1) is 15.3. The van der Waals surface area contributed by atoms with Crippen LogP contribution >= 0.6 is 0 Å². The Morgan fingerprint density at radius 3 is 2.41 bits per heavy atom. The Balaban J connectivity index is 1.79. The molecule has 1 fully saturated rings. The van der Waals surface area contributed by atoms with Gasteiger partial charge in [0.2, 0.25) is 12.0 Å². The van der Waals surface area contributed by atoms with Gasteiger partial charge in [-0.05, 0) is 0 Å². The van der Waals surface area contributed by atoms with Gasteiger partial charge >= 0.3 is 0 Å². The monoisotopic (exact) mass is 446 g/mol. The second-order valence-electron chi connectivity index (χ2n) is 7.29. The summed E-state index contributed by atoms with van der Waals surface area (Å²) in [5.74, 6) is -0.770. The highest BCUT2D eigenvalue weighted by atomic mass is 16.7. The number of phenols is 1. The maximum absolute atomic E-state index is 12.8. The molecule has 1 saturated heterocycles. The van der Waals surface area contributed by atoms with Crippen LogP contribution in [0.25, 0.3) is 22.3 Å². The van der Waals surface area contributed by atoms with Gasteiger partial charge in [-0.3, -0.25) is 4.79 Å². The van der Waals surface area contributed by atoms with E-state index < -0.39 is 48.5 Å². The van der Waals surface area contributed by atoms with E-state index in [2.05, 4.69) is 0 Å². The van der Waals surface area contributed by atoms with Crippen molar-refractivity contribution in [3.63, 3.8) is 0 Å². The van der Waals surface area contributed by atoms with Crippen molar-refractivity contribution >= 4 is 11.0 Å². The minimum atomic E-state index is -1.70. The Kier molecular flexibility index (Phi) is 6.04. The van der Waals surface area contributed by atoms with Crippen molar-refractivity contribution in [2.75, 3.05) is 13.7 Å². The Morgan fingerprint density at radius 1 is 1.03 bits per heavy atom. The van der Waals surface area contributed by atoms with Crippen LogP contribution < -0.4 is 14.9 Å². The topological polar surface area (TPSA) is 159 Å². The molecule has 2 heterocycles. The molecule has 0 amide bonds. The smallest absolute Gasteiger partial charge is 0.229 e. The zero-order chi connectivity index (χ0) is 23.0. The lowest BCUT2D eigenvalue weighted by molar-refractivity contribution is -0.277. The highest BCUT2D eigenvalue weighted by Gasteiger charge is 2.45. The highest BCUT2D eigenvalue weighted by molar-refractivity contribution is 5.89. The summed E-state index contributed by atoms with van der Waals surface area (Å²) in [7, 11) is 1.25. The molecular formula is C22H22O10. The summed E-state index contributed by atoms with van der Waals surface area (Å²) >= 11 is 0. The fraction of sp³-hybridized carbons (Fsp3) is 0.318. The lowest BCUT2D eigenvalue weighted by Gasteiger charge is -2.39. The third-order valence-electron chi connectivity index (χ3n) is 5.27. The number of ether oxygens (including phenoxy) is 3. The van der Waals surface area contributed by atoms with E-state index in [1.165, 1.54) is 19.2 Å². The minimum Gasteiger partial charge on any atom is -0.502 e. The molecule has 1 aromatic heterocycles. The highest BCUT2D eigenvalue weighted by Crippen LogP contribution is 2.43. The van der Waals surface area contributed by atoms with Crippen molar-refractivity contribution in [1.82, 2.24) is 0 Å². The van der Waals surface area contributed by atoms with Gasteiger partial charge in [-0.2, -0.15) is 0 Å². The number of benzene rings is 2. The van der Waals surface area contributed by atoms with Crippen LogP contribution in [0.4, 0.5) is 0 Å². The van der Waals surface area contributed by atoms with Gasteiger partial charge in [-0.15, -0.1) is 0 Å². The Labute approximate surface area is 181 Å². The zero-order valence-corrected chi connectivity index (χ0v) is 16.9. The van der Waals surface area contributed by atoms with E-state index in [1.807, 2.05) is 6.07 Å². The lowest BCUT2D eigenvalue weighted by atomic mass is 9.99. The summed E-state index contributed by atoms with van der Waals surface area (Å²) in [6.07, 6.45) is -7.69. The van der Waals surface area contributed by atoms with Gasteiger partial charge in [0, 0.05) is 17.7 Å². The van der Waals surface area contributed by atoms with E-state index in [-0.39, 0.29) is 28.2 Å². The quantitative estimate of drug-likeness (QED) is 0.370. The number of methoxy groups -OCH3 is 1. The number of aliphatic hydroxyl groups excluding tert-OH is 4. The fourth-order valence-electron chi connectivity index (χ4n) is 3.58. The van der Waals surface area contributed by atoms with Gasteiger partial charge in [0.1, 0.15) is 41.1 Å². The molecule has 0 spiro atoms.